The van der Waals surface area contributed by atoms with Gasteiger partial charge in [-0.25, -0.2) is 8.78 Å². The van der Waals surface area contributed by atoms with E-state index in [9.17, 15) is 4.79 Å². The number of halogens is 2. The summed E-state index contributed by atoms with van der Waals surface area (Å²) in [5, 5.41) is 0. The van der Waals surface area contributed by atoms with Crippen LogP contribution in [0, 0.1) is 23.0 Å². The Balaban J connectivity index is 1.46. The highest BCUT2D eigenvalue weighted by Gasteiger charge is 2.38. The molecular formula is C34H38F2O4. The first-order valence-electron chi connectivity index (χ1n) is 14.2. The lowest BCUT2D eigenvalue weighted by Gasteiger charge is -2.30. The highest BCUT2D eigenvalue weighted by molar-refractivity contribution is 5.71. The number of benzene rings is 3. The maximum absolute atomic E-state index is 15.6. The van der Waals surface area contributed by atoms with E-state index in [1.54, 1.807) is 12.1 Å². The van der Waals surface area contributed by atoms with E-state index < -0.39 is 11.6 Å². The van der Waals surface area contributed by atoms with Crippen LogP contribution in [0.15, 0.2) is 54.6 Å². The van der Waals surface area contributed by atoms with Crippen molar-refractivity contribution in [2.75, 3.05) is 14.2 Å². The van der Waals surface area contributed by atoms with Gasteiger partial charge in [-0.2, -0.15) is 0 Å². The van der Waals surface area contributed by atoms with E-state index in [1.807, 2.05) is 30.3 Å². The van der Waals surface area contributed by atoms with Crippen LogP contribution in [-0.2, 0) is 16.1 Å². The van der Waals surface area contributed by atoms with Crippen LogP contribution in [0.25, 0.3) is 11.1 Å². The average Bonchev–Trinajstić information content (AvgIpc) is 3.73. The first-order valence-corrected chi connectivity index (χ1v) is 14.2. The summed E-state index contributed by atoms with van der Waals surface area (Å²) in [5.41, 5.74) is 3.32. The SMILES string of the molecule is COC(=O)CC(c1cccc(OCc2cc(C3CCCC3(C)C)c(-c3cc(OC)ccc3F)cc2F)c1)C1CC1. The molecule has 0 saturated heterocycles. The van der Waals surface area contributed by atoms with Gasteiger partial charge in [-0.05, 0) is 108 Å². The second kappa shape index (κ2) is 11.6. The third-order valence-electron chi connectivity index (χ3n) is 8.80. The van der Waals surface area contributed by atoms with Gasteiger partial charge in [-0.15, -0.1) is 0 Å². The second-order valence-corrected chi connectivity index (χ2v) is 11.9. The number of methoxy groups -OCH3 is 2. The Morgan fingerprint density at radius 1 is 0.950 bits per heavy atom. The fourth-order valence-electron chi connectivity index (χ4n) is 6.32. The minimum atomic E-state index is -0.436. The topological polar surface area (TPSA) is 44.8 Å². The zero-order chi connectivity index (χ0) is 28.4. The lowest BCUT2D eigenvalue weighted by atomic mass is 9.75. The zero-order valence-corrected chi connectivity index (χ0v) is 23.8. The molecular weight excluding hydrogens is 510 g/mol. The van der Waals surface area contributed by atoms with Gasteiger partial charge in [0.2, 0.25) is 0 Å². The van der Waals surface area contributed by atoms with Gasteiger partial charge in [-0.1, -0.05) is 32.4 Å². The van der Waals surface area contributed by atoms with Crippen molar-refractivity contribution in [3.8, 4) is 22.6 Å². The largest absolute Gasteiger partial charge is 0.497 e. The zero-order valence-electron chi connectivity index (χ0n) is 23.8. The molecule has 0 spiro atoms. The van der Waals surface area contributed by atoms with Crippen molar-refractivity contribution in [2.24, 2.45) is 11.3 Å². The predicted molar refractivity (Wildman–Crippen MR) is 152 cm³/mol. The molecule has 4 nitrogen and oxygen atoms in total. The molecule has 3 aromatic carbocycles. The summed E-state index contributed by atoms with van der Waals surface area (Å²) in [6.07, 6.45) is 5.62. The van der Waals surface area contributed by atoms with Gasteiger partial charge in [-0.3, -0.25) is 4.79 Å². The van der Waals surface area contributed by atoms with Crippen LogP contribution in [0.2, 0.25) is 0 Å². The lowest BCUT2D eigenvalue weighted by Crippen LogP contribution is -2.17. The van der Waals surface area contributed by atoms with E-state index in [4.69, 9.17) is 14.2 Å². The third kappa shape index (κ3) is 6.01. The van der Waals surface area contributed by atoms with E-state index in [1.165, 1.54) is 26.4 Å². The number of carbonyl (C=O) groups is 1. The van der Waals surface area contributed by atoms with Crippen LogP contribution in [0.1, 0.15) is 80.9 Å². The maximum atomic E-state index is 15.6. The number of rotatable bonds is 10. The molecule has 2 atom stereocenters. The Morgan fingerprint density at radius 2 is 1.75 bits per heavy atom. The first kappa shape index (κ1) is 28.1. The molecule has 2 aliphatic carbocycles. The van der Waals surface area contributed by atoms with Gasteiger partial charge < -0.3 is 14.2 Å². The molecule has 5 rings (SSSR count). The smallest absolute Gasteiger partial charge is 0.306 e. The second-order valence-electron chi connectivity index (χ2n) is 11.9. The van der Waals surface area contributed by atoms with Crippen molar-refractivity contribution >= 4 is 5.97 Å². The number of hydrogen-bond acceptors (Lipinski definition) is 4. The number of hydrogen-bond donors (Lipinski definition) is 0. The maximum Gasteiger partial charge on any atom is 0.306 e. The first-order chi connectivity index (χ1) is 19.2. The van der Waals surface area contributed by atoms with Gasteiger partial charge in [0.25, 0.3) is 0 Å². The van der Waals surface area contributed by atoms with Crippen LogP contribution in [0.5, 0.6) is 11.5 Å². The van der Waals surface area contributed by atoms with Crippen molar-refractivity contribution in [2.45, 2.75) is 70.8 Å². The fourth-order valence-corrected chi connectivity index (χ4v) is 6.32. The van der Waals surface area contributed by atoms with Crippen molar-refractivity contribution in [1.29, 1.82) is 0 Å². The minimum absolute atomic E-state index is 0.00580. The van der Waals surface area contributed by atoms with Crippen molar-refractivity contribution in [3.63, 3.8) is 0 Å². The normalized spacial score (nSPS) is 18.8. The summed E-state index contributed by atoms with van der Waals surface area (Å²) in [5.74, 6) is 0.795. The van der Waals surface area contributed by atoms with Crippen LogP contribution in [0.4, 0.5) is 8.78 Å². The van der Waals surface area contributed by atoms with E-state index in [2.05, 4.69) is 13.8 Å². The van der Waals surface area contributed by atoms with E-state index in [0.717, 1.165) is 43.2 Å². The summed E-state index contributed by atoms with van der Waals surface area (Å²) in [7, 11) is 2.95. The van der Waals surface area contributed by atoms with Gasteiger partial charge in [0.1, 0.15) is 29.7 Å². The average molecular weight is 549 g/mol. The molecule has 0 aliphatic heterocycles. The Morgan fingerprint density at radius 3 is 2.42 bits per heavy atom. The number of ether oxygens (including phenoxy) is 3. The predicted octanol–water partition coefficient (Wildman–Crippen LogP) is 8.57. The van der Waals surface area contributed by atoms with Gasteiger partial charge in [0.15, 0.2) is 0 Å². The molecule has 40 heavy (non-hydrogen) atoms. The van der Waals surface area contributed by atoms with Crippen LogP contribution in [0.3, 0.4) is 0 Å². The standard InChI is InChI=1S/C34H38F2O4/c1-34(2)14-6-9-30(34)28-16-23(32(36)18-27(28)29-17-24(38-3)12-13-31(29)35)20-40-25-8-5-7-22(15-25)26(21-10-11-21)19-33(37)39-4/h5,7-8,12-13,15-18,21,26,30H,6,9-11,14,19-20H2,1-4H3. The number of carbonyl (C=O) groups excluding carboxylic acids is 1. The van der Waals surface area contributed by atoms with Crippen LogP contribution in [-0.4, -0.2) is 20.2 Å². The van der Waals surface area contributed by atoms with Gasteiger partial charge in [0.05, 0.1) is 20.6 Å². The Kier molecular flexibility index (Phi) is 8.16. The molecule has 0 N–H and O–H groups in total. The van der Waals surface area contributed by atoms with Gasteiger partial charge in [0, 0.05) is 11.1 Å². The minimum Gasteiger partial charge on any atom is -0.497 e. The van der Waals surface area contributed by atoms with E-state index in [0.29, 0.717) is 40.5 Å². The highest BCUT2D eigenvalue weighted by Crippen LogP contribution is 2.52. The summed E-state index contributed by atoms with van der Waals surface area (Å²) < 4.78 is 47.1. The summed E-state index contributed by atoms with van der Waals surface area (Å²) >= 11 is 0. The highest BCUT2D eigenvalue weighted by atomic mass is 19.1. The molecule has 2 unspecified atom stereocenters. The van der Waals surface area contributed by atoms with Crippen molar-refractivity contribution in [1.82, 2.24) is 0 Å². The molecule has 0 bridgehead atoms. The molecule has 6 heteroatoms. The van der Waals surface area contributed by atoms with Crippen LogP contribution < -0.4 is 9.47 Å². The fraction of sp³-hybridized carbons (Fsp3) is 0.441. The Hall–Kier alpha value is -3.41. The number of esters is 1. The molecule has 0 amide bonds. The molecule has 2 saturated carbocycles. The monoisotopic (exact) mass is 548 g/mol. The third-order valence-corrected chi connectivity index (χ3v) is 8.80. The van der Waals surface area contributed by atoms with E-state index in [-0.39, 0.29) is 29.8 Å². The Labute approximate surface area is 235 Å². The molecule has 212 valence electrons. The molecule has 3 aromatic rings. The quantitative estimate of drug-likeness (QED) is 0.238. The molecule has 0 heterocycles. The van der Waals surface area contributed by atoms with Crippen molar-refractivity contribution < 1.29 is 27.8 Å². The molecule has 2 aliphatic rings. The molecule has 2 fully saturated rings. The van der Waals surface area contributed by atoms with E-state index >= 15 is 8.78 Å². The Bertz CT molecular complexity index is 1380. The summed E-state index contributed by atoms with van der Waals surface area (Å²) in [6.45, 7) is 4.50. The summed E-state index contributed by atoms with van der Waals surface area (Å²) in [4.78, 5) is 12.0. The molecule has 0 radical (unpaired) electrons. The lowest BCUT2D eigenvalue weighted by molar-refractivity contribution is -0.141. The van der Waals surface area contributed by atoms with Gasteiger partial charge >= 0.3 is 5.97 Å². The molecule has 0 aromatic heterocycles. The summed E-state index contributed by atoms with van der Waals surface area (Å²) in [6, 6.07) is 15.6. The van der Waals surface area contributed by atoms with Crippen LogP contribution >= 0.6 is 0 Å². The van der Waals surface area contributed by atoms with Crippen molar-refractivity contribution in [3.05, 3.63) is 82.9 Å².